The van der Waals surface area contributed by atoms with Crippen LogP contribution in [0.3, 0.4) is 0 Å². The summed E-state index contributed by atoms with van der Waals surface area (Å²) >= 11 is 1.59. The molecule has 0 radical (unpaired) electrons. The van der Waals surface area contributed by atoms with Crippen LogP contribution in [0.4, 0.5) is 0 Å². The number of hydrogen-bond donors (Lipinski definition) is 2. The van der Waals surface area contributed by atoms with Crippen molar-refractivity contribution in [2.24, 2.45) is 0 Å². The summed E-state index contributed by atoms with van der Waals surface area (Å²) in [5.41, 5.74) is 0.509. The summed E-state index contributed by atoms with van der Waals surface area (Å²) in [5.74, 6) is -1.43. The minimum Gasteiger partial charge on any atom is -0.481 e. The quantitative estimate of drug-likeness (QED) is 0.869. The van der Waals surface area contributed by atoms with Gasteiger partial charge < -0.3 is 15.3 Å². The topological polar surface area (TPSA) is 86.7 Å². The van der Waals surface area contributed by atoms with Gasteiger partial charge in [0.15, 0.2) is 0 Å². The van der Waals surface area contributed by atoms with E-state index < -0.39 is 16.3 Å². The second-order valence-electron chi connectivity index (χ2n) is 6.71. The Kier molecular flexibility index (Phi) is 3.86. The van der Waals surface area contributed by atoms with Crippen LogP contribution >= 0.6 is 11.8 Å². The fraction of sp³-hybridized carbons (Fsp3) is 0.471. The SMILES string of the molecule is CC1(C)S[C@H]2c3ccccc3C(=O)N2[C@]1(C)C(=O)NCCC(=O)O. The van der Waals surface area contributed by atoms with Crippen LogP contribution in [0.2, 0.25) is 0 Å². The molecule has 3 rings (SSSR count). The first-order valence-electron chi connectivity index (χ1n) is 7.80. The zero-order chi connectivity index (χ0) is 17.7. The van der Waals surface area contributed by atoms with Crippen LogP contribution in [0.1, 0.15) is 48.5 Å². The van der Waals surface area contributed by atoms with Gasteiger partial charge in [-0.2, -0.15) is 0 Å². The van der Waals surface area contributed by atoms with Gasteiger partial charge in [-0.3, -0.25) is 14.4 Å². The summed E-state index contributed by atoms with van der Waals surface area (Å²) in [6.45, 7) is 5.70. The van der Waals surface area contributed by atoms with Crippen molar-refractivity contribution in [1.82, 2.24) is 10.2 Å². The van der Waals surface area contributed by atoms with Crippen molar-refractivity contribution < 1.29 is 19.5 Å². The largest absolute Gasteiger partial charge is 0.481 e. The Morgan fingerprint density at radius 2 is 1.96 bits per heavy atom. The Hall–Kier alpha value is -2.02. The predicted octanol–water partition coefficient (Wildman–Crippen LogP) is 2.02. The van der Waals surface area contributed by atoms with E-state index in [1.54, 1.807) is 29.7 Å². The van der Waals surface area contributed by atoms with Crippen LogP contribution in [-0.4, -0.2) is 44.6 Å². The number of thioether (sulfide) groups is 1. The van der Waals surface area contributed by atoms with E-state index >= 15 is 0 Å². The molecule has 0 saturated carbocycles. The van der Waals surface area contributed by atoms with Gasteiger partial charge in [0, 0.05) is 16.9 Å². The number of rotatable bonds is 4. The van der Waals surface area contributed by atoms with Crippen LogP contribution < -0.4 is 5.32 Å². The number of hydrogen-bond acceptors (Lipinski definition) is 4. The Morgan fingerprint density at radius 3 is 2.62 bits per heavy atom. The third-order valence-corrected chi connectivity index (χ3v) is 6.71. The molecule has 0 spiro atoms. The van der Waals surface area contributed by atoms with Gasteiger partial charge in [-0.1, -0.05) is 18.2 Å². The van der Waals surface area contributed by atoms with Crippen LogP contribution in [0, 0.1) is 0 Å². The number of carbonyl (C=O) groups is 3. The predicted molar refractivity (Wildman–Crippen MR) is 90.7 cm³/mol. The molecule has 0 aromatic heterocycles. The molecule has 1 aromatic rings. The Morgan fingerprint density at radius 1 is 1.29 bits per heavy atom. The van der Waals surface area contributed by atoms with Gasteiger partial charge in [-0.05, 0) is 32.4 Å². The lowest BCUT2D eigenvalue weighted by Gasteiger charge is -2.40. The second-order valence-corrected chi connectivity index (χ2v) is 8.42. The number of carboxylic acid groups (broad SMARTS) is 1. The average Bonchev–Trinajstić information content (AvgIpc) is 2.90. The number of amides is 2. The summed E-state index contributed by atoms with van der Waals surface area (Å²) in [6.07, 6.45) is -0.146. The van der Waals surface area contributed by atoms with E-state index in [4.69, 9.17) is 5.11 Å². The maximum absolute atomic E-state index is 12.9. The zero-order valence-electron chi connectivity index (χ0n) is 13.8. The van der Waals surface area contributed by atoms with Crippen LogP contribution in [0.5, 0.6) is 0 Å². The van der Waals surface area contributed by atoms with Gasteiger partial charge in [0.05, 0.1) is 6.42 Å². The van der Waals surface area contributed by atoms with Crippen LogP contribution in [-0.2, 0) is 9.59 Å². The smallest absolute Gasteiger partial charge is 0.305 e. The molecule has 6 nitrogen and oxygen atoms in total. The fourth-order valence-corrected chi connectivity index (χ4v) is 5.08. The minimum atomic E-state index is -1.06. The van der Waals surface area contributed by atoms with Gasteiger partial charge >= 0.3 is 5.97 Å². The molecule has 2 atom stereocenters. The van der Waals surface area contributed by atoms with Crippen LogP contribution in [0.15, 0.2) is 24.3 Å². The van der Waals surface area contributed by atoms with E-state index in [9.17, 15) is 14.4 Å². The number of fused-ring (bicyclic) bond motifs is 3. The summed E-state index contributed by atoms with van der Waals surface area (Å²) in [7, 11) is 0. The van der Waals surface area contributed by atoms with Gasteiger partial charge in [0.1, 0.15) is 10.9 Å². The number of carboxylic acids is 1. The number of nitrogens with one attached hydrogen (secondary N) is 1. The fourth-order valence-electron chi connectivity index (χ4n) is 3.36. The summed E-state index contributed by atoms with van der Waals surface area (Å²) in [6, 6.07) is 7.42. The van der Waals surface area contributed by atoms with Gasteiger partial charge in [-0.25, -0.2) is 0 Å². The molecule has 2 heterocycles. The maximum Gasteiger partial charge on any atom is 0.305 e. The average molecular weight is 348 g/mol. The molecular weight excluding hydrogens is 328 g/mol. The number of nitrogens with zero attached hydrogens (tertiary/aromatic N) is 1. The highest BCUT2D eigenvalue weighted by Gasteiger charge is 2.65. The van der Waals surface area contributed by atoms with E-state index in [0.717, 1.165) is 5.56 Å². The third kappa shape index (κ3) is 2.22. The molecule has 128 valence electrons. The van der Waals surface area contributed by atoms with Gasteiger partial charge in [-0.15, -0.1) is 11.8 Å². The minimum absolute atomic E-state index is 0.0458. The normalized spacial score (nSPS) is 26.9. The van der Waals surface area contributed by atoms with Crippen molar-refractivity contribution in [2.75, 3.05) is 6.54 Å². The van der Waals surface area contributed by atoms with Gasteiger partial charge in [0.25, 0.3) is 5.91 Å². The first-order valence-corrected chi connectivity index (χ1v) is 8.68. The van der Waals surface area contributed by atoms with E-state index in [2.05, 4.69) is 5.32 Å². The third-order valence-electron chi connectivity index (χ3n) is 5.04. The molecule has 0 aliphatic carbocycles. The summed E-state index contributed by atoms with van der Waals surface area (Å²) < 4.78 is -0.506. The lowest BCUT2D eigenvalue weighted by Crippen LogP contribution is -2.63. The number of aliphatic carboxylic acids is 1. The van der Waals surface area contributed by atoms with Crippen molar-refractivity contribution in [3.8, 4) is 0 Å². The number of carbonyl (C=O) groups excluding carboxylic acids is 2. The maximum atomic E-state index is 12.9. The van der Waals surface area contributed by atoms with Gasteiger partial charge in [0.2, 0.25) is 5.91 Å². The molecular formula is C17H20N2O4S. The van der Waals surface area contributed by atoms with E-state index in [-0.39, 0.29) is 30.2 Å². The molecule has 1 saturated heterocycles. The van der Waals surface area contributed by atoms with Crippen molar-refractivity contribution in [1.29, 1.82) is 0 Å². The molecule has 2 aliphatic rings. The zero-order valence-corrected chi connectivity index (χ0v) is 14.6. The first-order chi connectivity index (χ1) is 11.2. The monoisotopic (exact) mass is 348 g/mol. The molecule has 7 heteroatoms. The molecule has 2 amide bonds. The second kappa shape index (κ2) is 5.51. The highest BCUT2D eigenvalue weighted by molar-refractivity contribution is 8.01. The van der Waals surface area contributed by atoms with Crippen molar-refractivity contribution in [2.45, 2.75) is 42.9 Å². The highest BCUT2D eigenvalue weighted by atomic mass is 32.2. The lowest BCUT2D eigenvalue weighted by atomic mass is 9.84. The van der Waals surface area contributed by atoms with Crippen molar-refractivity contribution >= 4 is 29.5 Å². The molecule has 0 unspecified atom stereocenters. The molecule has 1 fully saturated rings. The number of benzene rings is 1. The molecule has 24 heavy (non-hydrogen) atoms. The summed E-state index contributed by atoms with van der Waals surface area (Å²) in [4.78, 5) is 38.1. The van der Waals surface area contributed by atoms with E-state index in [1.807, 2.05) is 32.0 Å². The Labute approximate surface area is 144 Å². The van der Waals surface area contributed by atoms with E-state index in [1.165, 1.54) is 0 Å². The van der Waals surface area contributed by atoms with E-state index in [0.29, 0.717) is 5.56 Å². The van der Waals surface area contributed by atoms with Crippen molar-refractivity contribution in [3.63, 3.8) is 0 Å². The highest BCUT2D eigenvalue weighted by Crippen LogP contribution is 2.61. The van der Waals surface area contributed by atoms with Crippen LogP contribution in [0.25, 0.3) is 0 Å². The standard InChI is InChI=1S/C17H20N2O4S/c1-16(2)17(3,15(23)18-9-8-12(20)21)19-13(22)10-6-4-5-7-11(10)14(19)24-16/h4-7,14H,8-9H2,1-3H3,(H,18,23)(H,20,21)/t14-,17+/m0/s1. The summed E-state index contributed by atoms with van der Waals surface area (Å²) in [5, 5.41) is 11.2. The molecule has 2 aliphatic heterocycles. The Bertz CT molecular complexity index is 733. The molecule has 2 N–H and O–H groups in total. The van der Waals surface area contributed by atoms with Crippen molar-refractivity contribution in [3.05, 3.63) is 35.4 Å². The molecule has 0 bridgehead atoms. The Balaban J connectivity index is 1.94. The molecule has 1 aromatic carbocycles. The lowest BCUT2D eigenvalue weighted by molar-refractivity contribution is -0.137. The first kappa shape index (κ1) is 16.8.